The van der Waals surface area contributed by atoms with Gasteiger partial charge in [-0.3, -0.25) is 10.1 Å². The Morgan fingerprint density at radius 2 is 2.08 bits per heavy atom. The van der Waals surface area contributed by atoms with E-state index in [2.05, 4.69) is 28.9 Å². The van der Waals surface area contributed by atoms with Gasteiger partial charge in [0.25, 0.3) is 5.91 Å². The van der Waals surface area contributed by atoms with Gasteiger partial charge in [-0.05, 0) is 18.9 Å². The van der Waals surface area contributed by atoms with Crippen LogP contribution in [0.4, 0.5) is 4.79 Å². The maximum absolute atomic E-state index is 12.4. The number of hydrogen-bond acceptors (Lipinski definition) is 5. The molecule has 1 fully saturated rings. The maximum atomic E-state index is 12.4. The molecule has 0 spiro atoms. The van der Waals surface area contributed by atoms with E-state index in [1.807, 2.05) is 17.9 Å². The van der Waals surface area contributed by atoms with Crippen molar-refractivity contribution in [2.75, 3.05) is 13.6 Å². The van der Waals surface area contributed by atoms with Crippen molar-refractivity contribution in [1.82, 2.24) is 24.9 Å². The first-order chi connectivity index (χ1) is 11.5. The van der Waals surface area contributed by atoms with Crippen LogP contribution in [0.15, 0.2) is 23.7 Å². The Bertz CT molecular complexity index is 722. The third kappa shape index (κ3) is 2.38. The molecule has 1 N–H and O–H groups in total. The van der Waals surface area contributed by atoms with Crippen molar-refractivity contribution in [3.05, 3.63) is 30.1 Å². The Labute approximate surface area is 140 Å². The van der Waals surface area contributed by atoms with Gasteiger partial charge in [0.2, 0.25) is 5.96 Å². The summed E-state index contributed by atoms with van der Waals surface area (Å²) in [6, 6.07) is 1.04. The molecule has 0 radical (unpaired) electrons. The molecule has 1 aromatic rings. The van der Waals surface area contributed by atoms with Gasteiger partial charge in [-0.1, -0.05) is 19.9 Å². The second-order valence-electron chi connectivity index (χ2n) is 5.88. The van der Waals surface area contributed by atoms with Crippen LogP contribution in [-0.4, -0.2) is 63.3 Å². The van der Waals surface area contributed by atoms with Gasteiger partial charge in [-0.25, -0.2) is 14.5 Å². The van der Waals surface area contributed by atoms with E-state index in [0.717, 1.165) is 24.2 Å². The van der Waals surface area contributed by atoms with E-state index in [1.54, 1.807) is 17.8 Å². The molecule has 8 nitrogen and oxygen atoms in total. The van der Waals surface area contributed by atoms with Crippen LogP contribution in [0.25, 0.3) is 0 Å². The van der Waals surface area contributed by atoms with Crippen molar-refractivity contribution in [1.29, 1.82) is 0 Å². The number of imide groups is 1. The Morgan fingerprint density at radius 3 is 2.71 bits per heavy atom. The summed E-state index contributed by atoms with van der Waals surface area (Å²) in [6.07, 6.45) is 2.78. The lowest BCUT2D eigenvalue weighted by molar-refractivity contribution is -0.126. The Balaban J connectivity index is 2.08. The summed E-state index contributed by atoms with van der Waals surface area (Å²) >= 11 is 0. The number of likely N-dealkylation sites (N-methyl/N-ethyl adjacent to an activating group) is 1. The highest BCUT2D eigenvalue weighted by Gasteiger charge is 2.49. The molecule has 128 valence electrons. The van der Waals surface area contributed by atoms with Crippen LogP contribution in [0.5, 0.6) is 0 Å². The third-order valence-electron chi connectivity index (χ3n) is 4.41. The fourth-order valence-electron chi connectivity index (χ4n) is 3.09. The smallest absolute Gasteiger partial charge is 0.321 e. The summed E-state index contributed by atoms with van der Waals surface area (Å²) in [5.41, 5.74) is 1.99. The summed E-state index contributed by atoms with van der Waals surface area (Å²) in [5, 5.41) is 6.99. The van der Waals surface area contributed by atoms with E-state index in [9.17, 15) is 9.59 Å². The fraction of sp³-hybridized carbons (Fsp3) is 0.500. The number of carbonyl (C=O) groups is 2. The molecule has 24 heavy (non-hydrogen) atoms. The molecule has 1 aromatic heterocycles. The largest absolute Gasteiger partial charge is 0.325 e. The zero-order valence-electron chi connectivity index (χ0n) is 14.2. The molecule has 2 aliphatic rings. The normalized spacial score (nSPS) is 23.2. The first kappa shape index (κ1) is 16.2. The van der Waals surface area contributed by atoms with Gasteiger partial charge >= 0.3 is 6.03 Å². The number of amides is 3. The van der Waals surface area contributed by atoms with Gasteiger partial charge in [-0.15, -0.1) is 6.58 Å². The number of fused-ring (bicyclic) bond motifs is 1. The quantitative estimate of drug-likeness (QED) is 0.819. The van der Waals surface area contributed by atoms with Crippen LogP contribution in [0.2, 0.25) is 0 Å². The average molecular weight is 330 g/mol. The van der Waals surface area contributed by atoms with E-state index < -0.39 is 18.2 Å². The van der Waals surface area contributed by atoms with Crippen molar-refractivity contribution in [3.63, 3.8) is 0 Å². The number of aromatic nitrogens is 2. The Morgan fingerprint density at radius 1 is 1.33 bits per heavy atom. The van der Waals surface area contributed by atoms with Crippen LogP contribution in [0.1, 0.15) is 25.2 Å². The van der Waals surface area contributed by atoms with E-state index in [1.165, 1.54) is 4.90 Å². The van der Waals surface area contributed by atoms with E-state index in [4.69, 9.17) is 0 Å². The summed E-state index contributed by atoms with van der Waals surface area (Å²) in [7, 11) is 1.64. The molecule has 0 saturated carbocycles. The number of nitrogens with one attached hydrogen (secondary N) is 1. The predicted molar refractivity (Wildman–Crippen MR) is 89.6 cm³/mol. The molecular weight excluding hydrogens is 308 g/mol. The highest BCUT2D eigenvalue weighted by molar-refractivity contribution is 6.04. The minimum Gasteiger partial charge on any atom is -0.321 e. The first-order valence-electron chi connectivity index (χ1n) is 8.13. The number of aliphatic imine (C=N–C) groups is 1. The summed E-state index contributed by atoms with van der Waals surface area (Å²) < 4.78 is 1.78. The van der Waals surface area contributed by atoms with Gasteiger partial charge in [0.15, 0.2) is 12.2 Å². The molecule has 0 aliphatic carbocycles. The number of carbonyl (C=O) groups excluding carboxylic acids is 2. The van der Waals surface area contributed by atoms with Crippen molar-refractivity contribution >= 4 is 17.9 Å². The summed E-state index contributed by atoms with van der Waals surface area (Å²) in [5.74, 6) is 0.239. The highest BCUT2D eigenvalue weighted by Crippen LogP contribution is 2.25. The molecule has 1 saturated heterocycles. The fourth-order valence-corrected chi connectivity index (χ4v) is 3.09. The van der Waals surface area contributed by atoms with Crippen molar-refractivity contribution in [2.24, 2.45) is 4.99 Å². The van der Waals surface area contributed by atoms with Crippen LogP contribution >= 0.6 is 0 Å². The molecule has 0 aromatic carbocycles. The molecule has 3 rings (SSSR count). The van der Waals surface area contributed by atoms with Gasteiger partial charge in [0.1, 0.15) is 0 Å². The number of urea groups is 1. The lowest BCUT2D eigenvalue weighted by Crippen LogP contribution is -2.63. The number of aryl methyl sites for hydroxylation is 2. The van der Waals surface area contributed by atoms with E-state index in [0.29, 0.717) is 12.5 Å². The minimum atomic E-state index is -0.570. The monoisotopic (exact) mass is 330 g/mol. The molecule has 2 aliphatic heterocycles. The molecular formula is C16H22N6O2. The second-order valence-corrected chi connectivity index (χ2v) is 5.88. The molecule has 0 bridgehead atoms. The van der Waals surface area contributed by atoms with Crippen molar-refractivity contribution in [2.45, 2.75) is 38.9 Å². The predicted octanol–water partition coefficient (Wildman–Crippen LogP) is 0.590. The van der Waals surface area contributed by atoms with Gasteiger partial charge in [0.05, 0.1) is 5.69 Å². The average Bonchev–Trinajstić information content (AvgIpc) is 3.14. The van der Waals surface area contributed by atoms with Crippen LogP contribution in [0, 0.1) is 0 Å². The zero-order chi connectivity index (χ0) is 17.4. The van der Waals surface area contributed by atoms with Crippen LogP contribution in [0.3, 0.4) is 0 Å². The molecule has 3 heterocycles. The Kier molecular flexibility index (Phi) is 4.13. The number of nitrogens with zero attached hydrogens (tertiary/aromatic N) is 5. The summed E-state index contributed by atoms with van der Waals surface area (Å²) in [6.45, 7) is 8.32. The van der Waals surface area contributed by atoms with Crippen LogP contribution < -0.4 is 5.32 Å². The van der Waals surface area contributed by atoms with Crippen molar-refractivity contribution in [3.8, 4) is 0 Å². The van der Waals surface area contributed by atoms with Crippen molar-refractivity contribution < 1.29 is 9.59 Å². The van der Waals surface area contributed by atoms with Gasteiger partial charge in [0, 0.05) is 19.3 Å². The lowest BCUT2D eigenvalue weighted by atomic mass is 10.1. The highest BCUT2D eigenvalue weighted by atomic mass is 16.2. The molecule has 2 atom stereocenters. The first-order valence-corrected chi connectivity index (χ1v) is 8.13. The minimum absolute atomic E-state index is 0.343. The van der Waals surface area contributed by atoms with E-state index in [-0.39, 0.29) is 5.91 Å². The number of hydrogen-bond donors (Lipinski definition) is 1. The summed E-state index contributed by atoms with van der Waals surface area (Å²) in [4.78, 5) is 32.2. The lowest BCUT2D eigenvalue weighted by Gasteiger charge is -2.35. The third-order valence-corrected chi connectivity index (χ3v) is 4.41. The standard InChI is InChI=1S/C16H22N6O2/c1-5-8-21-12-13(20(4)16(24)18-14(12)23)17-15(21)22-11(7-3)9-10(6-2)19-22/h5,9,12-13H,1,6-8H2,2-4H3,(H,18,23,24). The maximum Gasteiger partial charge on any atom is 0.325 e. The molecule has 8 heteroatoms. The molecule has 3 amide bonds. The zero-order valence-corrected chi connectivity index (χ0v) is 14.2. The van der Waals surface area contributed by atoms with Gasteiger partial charge < -0.3 is 9.80 Å². The van der Waals surface area contributed by atoms with E-state index >= 15 is 0 Å². The molecule has 2 unspecified atom stereocenters. The Hall–Kier alpha value is -2.64. The topological polar surface area (TPSA) is 82.8 Å². The number of rotatable bonds is 4. The van der Waals surface area contributed by atoms with Gasteiger partial charge in [-0.2, -0.15) is 5.10 Å². The SMILES string of the molecule is C=CCN1C(n2nc(CC)cc2CC)=NC2C1C(=O)NC(=O)N2C. The van der Waals surface area contributed by atoms with Crippen LogP contribution in [-0.2, 0) is 17.6 Å². The second kappa shape index (κ2) is 6.10.